The van der Waals surface area contributed by atoms with Crippen LogP contribution in [-0.4, -0.2) is 12.9 Å². The monoisotopic (exact) mass is 602 g/mol. The highest BCUT2D eigenvalue weighted by molar-refractivity contribution is 8.04. The minimum absolute atomic E-state index is 0.273. The molecule has 0 bridgehead atoms. The number of unbranched alkanes of at least 4 members (excludes halogenated alkanes) is 5. The summed E-state index contributed by atoms with van der Waals surface area (Å²) in [5.74, 6) is 8.26. The highest BCUT2D eigenvalue weighted by Crippen LogP contribution is 2.49. The maximum atomic E-state index is 5.38. The van der Waals surface area contributed by atoms with E-state index in [0.29, 0.717) is 0 Å². The van der Waals surface area contributed by atoms with Gasteiger partial charge in [0.2, 0.25) is 0 Å². The van der Waals surface area contributed by atoms with Crippen LogP contribution in [0.4, 0.5) is 0 Å². The summed E-state index contributed by atoms with van der Waals surface area (Å²) in [7, 11) is 1.73. The second kappa shape index (κ2) is 17.1. The molecule has 0 heterocycles. The summed E-state index contributed by atoms with van der Waals surface area (Å²) in [6.07, 6.45) is 24.8. The van der Waals surface area contributed by atoms with E-state index in [1.54, 1.807) is 41.1 Å². The highest BCUT2D eigenvalue weighted by Gasteiger charge is 2.31. The summed E-state index contributed by atoms with van der Waals surface area (Å²) >= 11 is 3.84. The van der Waals surface area contributed by atoms with Crippen molar-refractivity contribution < 1.29 is 4.74 Å². The van der Waals surface area contributed by atoms with Crippen molar-refractivity contribution in [2.45, 2.75) is 150 Å². The summed E-state index contributed by atoms with van der Waals surface area (Å²) in [6, 6.07) is 13.8. The summed E-state index contributed by atoms with van der Waals surface area (Å²) in [5.41, 5.74) is 6.76. The molecule has 0 aliphatic heterocycles. The largest absolute Gasteiger partial charge is 0.497 e. The lowest BCUT2D eigenvalue weighted by Gasteiger charge is -2.28. The first-order valence-electron chi connectivity index (χ1n) is 17.4. The molecule has 3 saturated carbocycles. The first kappa shape index (κ1) is 31.9. The molecule has 1 atom stereocenters. The number of hydrogen-bond acceptors (Lipinski definition) is 3. The van der Waals surface area contributed by atoms with Gasteiger partial charge in [-0.3, -0.25) is 0 Å². The number of hydrogen-bond donors (Lipinski definition) is 0. The Hall–Kier alpha value is -1.50. The van der Waals surface area contributed by atoms with Crippen molar-refractivity contribution >= 4 is 23.5 Å². The topological polar surface area (TPSA) is 9.23 Å². The normalized spacial score (nSPS) is 18.8. The molecule has 2 aromatic rings. The molecule has 0 spiro atoms. The predicted molar refractivity (Wildman–Crippen MR) is 185 cm³/mol. The van der Waals surface area contributed by atoms with Gasteiger partial charge in [-0.05, 0) is 132 Å². The molecule has 2 aromatic carbocycles. The van der Waals surface area contributed by atoms with Gasteiger partial charge in [-0.25, -0.2) is 0 Å². The Morgan fingerprint density at radius 2 is 1.29 bits per heavy atom. The molecular formula is C39H54OS2. The van der Waals surface area contributed by atoms with Crippen LogP contribution in [0.3, 0.4) is 0 Å². The molecule has 3 heteroatoms. The van der Waals surface area contributed by atoms with Gasteiger partial charge < -0.3 is 4.74 Å². The molecule has 0 saturated heterocycles. The molecule has 0 amide bonds. The van der Waals surface area contributed by atoms with E-state index < -0.39 is 0 Å². The standard InChI is InChI=1S/C39H54OS2/c1-3-4-5-6-7-14-26-42-38(25-27-41-35-23-21-34(40-2)22-24-35)39-36(31-17-10-11-18-31)28-33(30-15-8-9-16-30)29-37(39)32-19-12-13-20-32/h21-24,28-32,38H,3-20,26H2,1-2H3. The molecule has 0 aromatic heterocycles. The fourth-order valence-corrected chi connectivity index (χ4v) is 9.57. The molecule has 3 fully saturated rings. The molecule has 1 unspecified atom stereocenters. The number of methoxy groups -OCH3 is 1. The van der Waals surface area contributed by atoms with Crippen molar-refractivity contribution in [1.82, 2.24) is 0 Å². The Balaban J connectivity index is 1.47. The second-order valence-electron chi connectivity index (χ2n) is 13.1. The third-order valence-electron chi connectivity index (χ3n) is 10.1. The maximum absolute atomic E-state index is 5.38. The van der Waals surface area contributed by atoms with Gasteiger partial charge in [-0.2, -0.15) is 0 Å². The van der Waals surface area contributed by atoms with E-state index in [-0.39, 0.29) is 5.25 Å². The van der Waals surface area contributed by atoms with Crippen molar-refractivity contribution in [3.63, 3.8) is 0 Å². The zero-order valence-corrected chi connectivity index (χ0v) is 28.1. The van der Waals surface area contributed by atoms with Crippen LogP contribution in [-0.2, 0) is 0 Å². The summed E-state index contributed by atoms with van der Waals surface area (Å²) < 4.78 is 5.38. The van der Waals surface area contributed by atoms with Crippen LogP contribution in [0.25, 0.3) is 0 Å². The first-order valence-corrected chi connectivity index (χ1v) is 19.2. The third kappa shape index (κ3) is 8.79. The lowest BCUT2D eigenvalue weighted by atomic mass is 9.80. The molecule has 42 heavy (non-hydrogen) atoms. The average Bonchev–Trinajstić information content (AvgIpc) is 3.84. The predicted octanol–water partition coefficient (Wildman–Crippen LogP) is 12.6. The summed E-state index contributed by atoms with van der Waals surface area (Å²) in [5, 5.41) is 3.89. The van der Waals surface area contributed by atoms with Gasteiger partial charge in [0.25, 0.3) is 0 Å². The molecule has 228 valence electrons. The van der Waals surface area contributed by atoms with Gasteiger partial charge in [0.15, 0.2) is 0 Å². The van der Waals surface area contributed by atoms with Crippen molar-refractivity contribution in [3.05, 3.63) is 58.7 Å². The summed E-state index contributed by atoms with van der Waals surface area (Å²) in [4.78, 5) is 1.20. The van der Waals surface area contributed by atoms with Gasteiger partial charge >= 0.3 is 0 Å². The van der Waals surface area contributed by atoms with Crippen LogP contribution in [0.2, 0.25) is 0 Å². The van der Waals surface area contributed by atoms with Crippen molar-refractivity contribution in [2.75, 3.05) is 12.9 Å². The molecule has 3 aliphatic rings. The van der Waals surface area contributed by atoms with E-state index in [1.165, 1.54) is 126 Å². The number of rotatable bonds is 14. The lowest BCUT2D eigenvalue weighted by Crippen LogP contribution is -2.12. The Morgan fingerprint density at radius 1 is 0.738 bits per heavy atom. The fraction of sp³-hybridized carbons (Fsp3) is 0.641. The fourth-order valence-electron chi connectivity index (χ4n) is 7.74. The lowest BCUT2D eigenvalue weighted by molar-refractivity contribution is 0.414. The van der Waals surface area contributed by atoms with Gasteiger partial charge in [-0.15, -0.1) is 11.8 Å². The van der Waals surface area contributed by atoms with E-state index in [2.05, 4.69) is 54.1 Å². The number of thioether (sulfide) groups is 2. The SMILES string of the molecule is CCCCCCCCSC(C#CSc1ccc(OC)cc1)c1c(C2CCCC2)cc(C2CCCC2)cc1C1CCCC1. The van der Waals surface area contributed by atoms with Crippen molar-refractivity contribution in [2.24, 2.45) is 0 Å². The Labute approximate surface area is 266 Å². The van der Waals surface area contributed by atoms with E-state index in [1.807, 2.05) is 12.1 Å². The Bertz CT molecular complexity index is 1100. The highest BCUT2D eigenvalue weighted by atomic mass is 32.2. The second-order valence-corrected chi connectivity index (χ2v) is 15.2. The molecule has 3 aliphatic carbocycles. The number of ether oxygens (including phenoxy) is 1. The third-order valence-corrected chi connectivity index (χ3v) is 12.1. The molecular weight excluding hydrogens is 549 g/mol. The van der Waals surface area contributed by atoms with Crippen LogP contribution in [0.1, 0.15) is 168 Å². The van der Waals surface area contributed by atoms with Gasteiger partial charge in [0.1, 0.15) is 5.75 Å². The zero-order valence-electron chi connectivity index (χ0n) is 26.4. The molecule has 1 nitrogen and oxygen atoms in total. The first-order chi connectivity index (χ1) is 20.8. The zero-order chi connectivity index (χ0) is 29.0. The van der Waals surface area contributed by atoms with Crippen molar-refractivity contribution in [3.8, 4) is 16.9 Å². The molecule has 0 radical (unpaired) electrons. The van der Waals surface area contributed by atoms with E-state index in [9.17, 15) is 0 Å². The van der Waals surface area contributed by atoms with Crippen LogP contribution in [0.5, 0.6) is 5.75 Å². The molecule has 5 rings (SSSR count). The van der Waals surface area contributed by atoms with Crippen LogP contribution < -0.4 is 4.74 Å². The Morgan fingerprint density at radius 3 is 1.86 bits per heavy atom. The van der Waals surface area contributed by atoms with Crippen LogP contribution >= 0.6 is 23.5 Å². The van der Waals surface area contributed by atoms with E-state index in [0.717, 1.165) is 23.5 Å². The minimum atomic E-state index is 0.273. The maximum Gasteiger partial charge on any atom is 0.118 e. The average molecular weight is 603 g/mol. The molecule has 0 N–H and O–H groups in total. The van der Waals surface area contributed by atoms with E-state index in [4.69, 9.17) is 4.74 Å². The van der Waals surface area contributed by atoms with Gasteiger partial charge in [-0.1, -0.05) is 95.6 Å². The summed E-state index contributed by atoms with van der Waals surface area (Å²) in [6.45, 7) is 2.31. The Kier molecular flexibility index (Phi) is 13.0. The van der Waals surface area contributed by atoms with Gasteiger partial charge in [0, 0.05) is 4.90 Å². The quantitative estimate of drug-likeness (QED) is 0.121. The van der Waals surface area contributed by atoms with Crippen molar-refractivity contribution in [1.29, 1.82) is 0 Å². The van der Waals surface area contributed by atoms with Crippen LogP contribution in [0.15, 0.2) is 41.3 Å². The van der Waals surface area contributed by atoms with E-state index >= 15 is 0 Å². The van der Waals surface area contributed by atoms with Gasteiger partial charge in [0.05, 0.1) is 12.4 Å². The minimum Gasteiger partial charge on any atom is -0.497 e. The number of benzene rings is 2. The smallest absolute Gasteiger partial charge is 0.118 e. The van der Waals surface area contributed by atoms with Crippen LogP contribution in [0, 0.1) is 11.2 Å².